The van der Waals surface area contributed by atoms with Gasteiger partial charge in [0.15, 0.2) is 0 Å². The summed E-state index contributed by atoms with van der Waals surface area (Å²) in [5.74, 6) is 1.54. The van der Waals surface area contributed by atoms with E-state index in [0.717, 1.165) is 29.4 Å². The predicted molar refractivity (Wildman–Crippen MR) is 58.4 cm³/mol. The molecule has 2 rings (SSSR count). The number of hydrogen-bond donors (Lipinski definition) is 1. The van der Waals surface area contributed by atoms with E-state index in [-0.39, 0.29) is 0 Å². The first-order chi connectivity index (χ1) is 6.72. The molecule has 14 heavy (non-hydrogen) atoms. The van der Waals surface area contributed by atoms with Gasteiger partial charge in [-0.25, -0.2) is 0 Å². The lowest BCUT2D eigenvalue weighted by Crippen LogP contribution is -2.40. The number of rotatable bonds is 2. The SMILES string of the molecule is COc1c(C)cc(Cl)cc1C1CNC1. The van der Waals surface area contributed by atoms with E-state index in [2.05, 4.69) is 5.32 Å². The Labute approximate surface area is 89.2 Å². The van der Waals surface area contributed by atoms with Crippen molar-refractivity contribution >= 4 is 11.6 Å². The van der Waals surface area contributed by atoms with Crippen LogP contribution < -0.4 is 10.1 Å². The van der Waals surface area contributed by atoms with E-state index >= 15 is 0 Å². The van der Waals surface area contributed by atoms with Gasteiger partial charge >= 0.3 is 0 Å². The average Bonchev–Trinajstić information content (AvgIpc) is 1.99. The molecule has 76 valence electrons. The fourth-order valence-electron chi connectivity index (χ4n) is 1.85. The summed E-state index contributed by atoms with van der Waals surface area (Å²) in [7, 11) is 1.71. The Morgan fingerprint density at radius 2 is 2.14 bits per heavy atom. The van der Waals surface area contributed by atoms with Crippen molar-refractivity contribution in [3.63, 3.8) is 0 Å². The van der Waals surface area contributed by atoms with Gasteiger partial charge in [-0.15, -0.1) is 0 Å². The van der Waals surface area contributed by atoms with E-state index < -0.39 is 0 Å². The zero-order valence-corrected chi connectivity index (χ0v) is 9.19. The molecule has 1 saturated heterocycles. The van der Waals surface area contributed by atoms with E-state index in [0.29, 0.717) is 5.92 Å². The first kappa shape index (κ1) is 9.81. The molecular formula is C11H14ClNO. The minimum atomic E-state index is 0.558. The van der Waals surface area contributed by atoms with Crippen LogP contribution in [0, 0.1) is 6.92 Å². The summed E-state index contributed by atoms with van der Waals surface area (Å²) < 4.78 is 5.40. The van der Waals surface area contributed by atoms with Gasteiger partial charge in [-0.3, -0.25) is 0 Å². The van der Waals surface area contributed by atoms with Crippen molar-refractivity contribution in [3.05, 3.63) is 28.3 Å². The highest BCUT2D eigenvalue weighted by Gasteiger charge is 2.23. The van der Waals surface area contributed by atoms with Crippen LogP contribution in [0.4, 0.5) is 0 Å². The summed E-state index contributed by atoms with van der Waals surface area (Å²) in [6.45, 7) is 4.08. The third kappa shape index (κ3) is 1.60. The quantitative estimate of drug-likeness (QED) is 0.811. The number of methoxy groups -OCH3 is 1. The van der Waals surface area contributed by atoms with E-state index in [9.17, 15) is 0 Å². The second-order valence-corrected chi connectivity index (χ2v) is 4.14. The Balaban J connectivity index is 2.44. The Hall–Kier alpha value is -0.730. The molecule has 0 aliphatic carbocycles. The Morgan fingerprint density at radius 3 is 2.64 bits per heavy atom. The van der Waals surface area contributed by atoms with Crippen molar-refractivity contribution in [3.8, 4) is 5.75 Å². The van der Waals surface area contributed by atoms with Gasteiger partial charge in [-0.1, -0.05) is 11.6 Å². The van der Waals surface area contributed by atoms with Gasteiger partial charge in [-0.2, -0.15) is 0 Å². The molecule has 1 aliphatic rings. The van der Waals surface area contributed by atoms with Crippen molar-refractivity contribution in [2.75, 3.05) is 20.2 Å². The van der Waals surface area contributed by atoms with Crippen LogP contribution in [0.1, 0.15) is 17.0 Å². The van der Waals surface area contributed by atoms with Crippen LogP contribution >= 0.6 is 11.6 Å². The number of halogens is 1. The normalized spacial score (nSPS) is 16.5. The van der Waals surface area contributed by atoms with Crippen LogP contribution in [0.2, 0.25) is 5.02 Å². The molecule has 1 aliphatic heterocycles. The van der Waals surface area contributed by atoms with E-state index in [1.165, 1.54) is 5.56 Å². The van der Waals surface area contributed by atoms with Crippen molar-refractivity contribution in [2.45, 2.75) is 12.8 Å². The molecule has 0 radical (unpaired) electrons. The highest BCUT2D eigenvalue weighted by Crippen LogP contribution is 2.34. The third-order valence-electron chi connectivity index (χ3n) is 2.69. The summed E-state index contributed by atoms with van der Waals surface area (Å²) in [4.78, 5) is 0. The lowest BCUT2D eigenvalue weighted by atomic mass is 9.91. The van der Waals surface area contributed by atoms with E-state index in [4.69, 9.17) is 16.3 Å². The minimum Gasteiger partial charge on any atom is -0.496 e. The molecule has 1 fully saturated rings. The molecule has 3 heteroatoms. The molecule has 0 atom stereocenters. The maximum Gasteiger partial charge on any atom is 0.125 e. The summed E-state index contributed by atoms with van der Waals surface area (Å²) >= 11 is 6.03. The lowest BCUT2D eigenvalue weighted by molar-refractivity contribution is 0.383. The Morgan fingerprint density at radius 1 is 1.43 bits per heavy atom. The largest absolute Gasteiger partial charge is 0.496 e. The topological polar surface area (TPSA) is 21.3 Å². The van der Waals surface area contributed by atoms with Crippen molar-refractivity contribution < 1.29 is 4.74 Å². The van der Waals surface area contributed by atoms with Crippen LogP contribution in [0.3, 0.4) is 0 Å². The molecule has 0 aromatic heterocycles. The molecule has 1 heterocycles. The molecule has 2 nitrogen and oxygen atoms in total. The second-order valence-electron chi connectivity index (χ2n) is 3.70. The van der Waals surface area contributed by atoms with Gasteiger partial charge in [0.25, 0.3) is 0 Å². The fourth-order valence-corrected chi connectivity index (χ4v) is 2.13. The van der Waals surface area contributed by atoms with E-state index in [1.54, 1.807) is 7.11 Å². The number of hydrogen-bond acceptors (Lipinski definition) is 2. The van der Waals surface area contributed by atoms with Gasteiger partial charge in [0.2, 0.25) is 0 Å². The average molecular weight is 212 g/mol. The molecular weight excluding hydrogens is 198 g/mol. The van der Waals surface area contributed by atoms with Crippen molar-refractivity contribution in [1.82, 2.24) is 5.32 Å². The van der Waals surface area contributed by atoms with Gasteiger partial charge in [0.1, 0.15) is 5.75 Å². The lowest BCUT2D eigenvalue weighted by Gasteiger charge is -2.29. The van der Waals surface area contributed by atoms with Crippen LogP contribution in [0.15, 0.2) is 12.1 Å². The minimum absolute atomic E-state index is 0.558. The predicted octanol–water partition coefficient (Wildman–Crippen LogP) is 2.34. The summed E-state index contributed by atoms with van der Waals surface area (Å²) in [5, 5.41) is 4.05. The smallest absolute Gasteiger partial charge is 0.125 e. The molecule has 0 amide bonds. The first-order valence-corrected chi connectivity index (χ1v) is 5.15. The van der Waals surface area contributed by atoms with Gasteiger partial charge in [-0.05, 0) is 24.6 Å². The van der Waals surface area contributed by atoms with Gasteiger partial charge in [0.05, 0.1) is 7.11 Å². The number of aryl methyl sites for hydroxylation is 1. The van der Waals surface area contributed by atoms with Crippen molar-refractivity contribution in [2.24, 2.45) is 0 Å². The van der Waals surface area contributed by atoms with E-state index in [1.807, 2.05) is 19.1 Å². The molecule has 0 spiro atoms. The Kier molecular flexibility index (Phi) is 2.66. The van der Waals surface area contributed by atoms with Crippen LogP contribution in [-0.2, 0) is 0 Å². The summed E-state index contributed by atoms with van der Waals surface area (Å²) in [6, 6.07) is 3.95. The number of benzene rings is 1. The molecule has 0 saturated carbocycles. The number of ether oxygens (including phenoxy) is 1. The molecule has 1 aromatic rings. The first-order valence-electron chi connectivity index (χ1n) is 4.77. The third-order valence-corrected chi connectivity index (χ3v) is 2.91. The molecule has 0 bridgehead atoms. The van der Waals surface area contributed by atoms with Crippen LogP contribution in [0.5, 0.6) is 5.75 Å². The fraction of sp³-hybridized carbons (Fsp3) is 0.455. The van der Waals surface area contributed by atoms with Crippen LogP contribution in [-0.4, -0.2) is 20.2 Å². The Bertz CT molecular complexity index is 347. The van der Waals surface area contributed by atoms with Crippen LogP contribution in [0.25, 0.3) is 0 Å². The standard InChI is InChI=1S/C11H14ClNO/c1-7-3-9(12)4-10(11(7)14-2)8-5-13-6-8/h3-4,8,13H,5-6H2,1-2H3. The monoisotopic (exact) mass is 211 g/mol. The molecule has 0 unspecified atom stereocenters. The maximum atomic E-state index is 6.03. The maximum absolute atomic E-state index is 6.03. The summed E-state index contributed by atoms with van der Waals surface area (Å²) in [6.07, 6.45) is 0. The zero-order valence-electron chi connectivity index (χ0n) is 8.43. The number of nitrogens with one attached hydrogen (secondary N) is 1. The van der Waals surface area contributed by atoms with Gasteiger partial charge < -0.3 is 10.1 Å². The zero-order chi connectivity index (χ0) is 10.1. The summed E-state index contributed by atoms with van der Waals surface area (Å²) in [5.41, 5.74) is 2.35. The highest BCUT2D eigenvalue weighted by atomic mass is 35.5. The highest BCUT2D eigenvalue weighted by molar-refractivity contribution is 6.30. The molecule has 1 N–H and O–H groups in total. The van der Waals surface area contributed by atoms with Gasteiger partial charge in [0, 0.05) is 29.6 Å². The van der Waals surface area contributed by atoms with Crippen molar-refractivity contribution in [1.29, 1.82) is 0 Å². The molecule has 1 aromatic carbocycles. The second kappa shape index (κ2) is 3.79.